The number of hydrogen-bond acceptors (Lipinski definition) is 4. The van der Waals surface area contributed by atoms with Crippen molar-refractivity contribution in [2.24, 2.45) is 0 Å². The molecule has 2 rings (SSSR count). The number of benzene rings is 1. The summed E-state index contributed by atoms with van der Waals surface area (Å²) in [5.41, 5.74) is 0.521. The van der Waals surface area contributed by atoms with Crippen molar-refractivity contribution in [3.05, 3.63) is 29.2 Å². The smallest absolute Gasteiger partial charge is 0.200 e. The van der Waals surface area contributed by atoms with Gasteiger partial charge < -0.3 is 4.74 Å². The van der Waals surface area contributed by atoms with E-state index in [2.05, 4.69) is 0 Å². The van der Waals surface area contributed by atoms with Crippen LogP contribution in [0.5, 0.6) is 5.75 Å². The third-order valence-corrected chi connectivity index (χ3v) is 3.50. The molecule has 15 heavy (non-hydrogen) atoms. The predicted molar refractivity (Wildman–Crippen MR) is 53.8 cm³/mol. The molecule has 1 aromatic rings. The van der Waals surface area contributed by atoms with Gasteiger partial charge in [0.1, 0.15) is 11.8 Å². The third-order valence-electron chi connectivity index (χ3n) is 2.04. The van der Waals surface area contributed by atoms with Crippen LogP contribution in [0, 0.1) is 11.3 Å². The minimum Gasteiger partial charge on any atom is -0.478 e. The van der Waals surface area contributed by atoms with Crippen LogP contribution >= 0.6 is 0 Å². The molecule has 0 atom stereocenters. The van der Waals surface area contributed by atoms with Gasteiger partial charge in [-0.3, -0.25) is 0 Å². The lowest BCUT2D eigenvalue weighted by Crippen LogP contribution is -1.98. The second-order valence-electron chi connectivity index (χ2n) is 2.96. The summed E-state index contributed by atoms with van der Waals surface area (Å²) in [5, 5.41) is 9.50. The minimum atomic E-state index is -3.30. The molecule has 0 saturated carbocycles. The van der Waals surface area contributed by atoms with Crippen molar-refractivity contribution in [2.45, 2.75) is 4.90 Å². The van der Waals surface area contributed by atoms with E-state index in [1.807, 2.05) is 6.07 Å². The monoisotopic (exact) mass is 221 g/mol. The number of ether oxygens (including phenoxy) is 1. The van der Waals surface area contributed by atoms with E-state index in [-0.39, 0.29) is 11.5 Å². The zero-order valence-corrected chi connectivity index (χ0v) is 8.49. The first-order valence-electron chi connectivity index (χ1n) is 4.21. The van der Waals surface area contributed by atoms with E-state index in [9.17, 15) is 8.42 Å². The summed E-state index contributed by atoms with van der Waals surface area (Å²) in [6, 6.07) is 6.58. The molecule has 1 aliphatic heterocycles. The molecule has 0 saturated heterocycles. The van der Waals surface area contributed by atoms with Gasteiger partial charge >= 0.3 is 0 Å². The number of sulfone groups is 1. The summed E-state index contributed by atoms with van der Waals surface area (Å²) in [4.78, 5) is 0.234. The van der Waals surface area contributed by atoms with Crippen molar-refractivity contribution in [1.29, 1.82) is 5.26 Å². The molecule has 0 amide bonds. The maximum Gasteiger partial charge on any atom is 0.200 e. The van der Waals surface area contributed by atoms with Crippen LogP contribution in [0.3, 0.4) is 0 Å². The fourth-order valence-corrected chi connectivity index (χ4v) is 2.61. The first-order chi connectivity index (χ1) is 7.15. The highest BCUT2D eigenvalue weighted by molar-refractivity contribution is 7.94. The summed E-state index contributed by atoms with van der Waals surface area (Å²) in [6.45, 7) is -0.0929. The number of fused-ring (bicyclic) bond motifs is 1. The van der Waals surface area contributed by atoms with E-state index in [1.165, 1.54) is 12.1 Å². The topological polar surface area (TPSA) is 67.2 Å². The first kappa shape index (κ1) is 9.74. The molecule has 1 aromatic carbocycles. The Labute approximate surface area is 87.3 Å². The minimum absolute atomic E-state index is 0.0929. The number of nitriles is 1. The van der Waals surface area contributed by atoms with Crippen LogP contribution in [0.2, 0.25) is 0 Å². The van der Waals surface area contributed by atoms with E-state index in [4.69, 9.17) is 10.00 Å². The van der Waals surface area contributed by atoms with Gasteiger partial charge in [-0.2, -0.15) is 5.26 Å². The second-order valence-corrected chi connectivity index (χ2v) is 4.76. The Hall–Kier alpha value is -1.80. The molecule has 0 bridgehead atoms. The highest BCUT2D eigenvalue weighted by Gasteiger charge is 2.23. The Morgan fingerprint density at radius 2 is 2.20 bits per heavy atom. The van der Waals surface area contributed by atoms with Crippen LogP contribution < -0.4 is 4.74 Å². The molecule has 4 nitrogen and oxygen atoms in total. The largest absolute Gasteiger partial charge is 0.478 e. The molecule has 1 aliphatic rings. The summed E-state index contributed by atoms with van der Waals surface area (Å²) in [7, 11) is -3.30. The lowest BCUT2D eigenvalue weighted by molar-refractivity contribution is 0.366. The summed E-state index contributed by atoms with van der Waals surface area (Å²) < 4.78 is 28.1. The molecule has 0 N–H and O–H groups in total. The van der Waals surface area contributed by atoms with E-state index >= 15 is 0 Å². The molecular weight excluding hydrogens is 214 g/mol. The van der Waals surface area contributed by atoms with E-state index < -0.39 is 9.84 Å². The van der Waals surface area contributed by atoms with Gasteiger partial charge in [0.25, 0.3) is 0 Å². The van der Waals surface area contributed by atoms with Crippen molar-refractivity contribution in [2.75, 3.05) is 6.61 Å². The molecular formula is C10H7NO3S. The first-order valence-corrected chi connectivity index (χ1v) is 5.76. The predicted octanol–water partition coefficient (Wildman–Crippen LogP) is 1.35. The Kier molecular flexibility index (Phi) is 2.21. The molecule has 0 unspecified atom stereocenters. The Morgan fingerprint density at radius 1 is 1.40 bits per heavy atom. The Bertz CT molecular complexity index is 567. The SMILES string of the molecule is N#CCOc1cccc2c1C=CS2(=O)=O. The summed E-state index contributed by atoms with van der Waals surface area (Å²) in [6.07, 6.45) is 1.48. The normalized spacial score (nSPS) is 15.7. The highest BCUT2D eigenvalue weighted by atomic mass is 32.2. The van der Waals surface area contributed by atoms with Crippen molar-refractivity contribution in [1.82, 2.24) is 0 Å². The Balaban J connectivity index is 2.51. The van der Waals surface area contributed by atoms with Gasteiger partial charge in [-0.05, 0) is 18.2 Å². The summed E-state index contributed by atoms with van der Waals surface area (Å²) >= 11 is 0. The fourth-order valence-electron chi connectivity index (χ4n) is 1.40. The van der Waals surface area contributed by atoms with Crippen LogP contribution in [0.25, 0.3) is 6.08 Å². The van der Waals surface area contributed by atoms with E-state index in [0.29, 0.717) is 11.3 Å². The van der Waals surface area contributed by atoms with Gasteiger partial charge in [0.05, 0.1) is 4.90 Å². The molecule has 0 radical (unpaired) electrons. The second kappa shape index (κ2) is 3.41. The molecule has 0 fully saturated rings. The number of rotatable bonds is 2. The zero-order valence-electron chi connectivity index (χ0n) is 7.67. The van der Waals surface area contributed by atoms with Crippen molar-refractivity contribution >= 4 is 15.9 Å². The Morgan fingerprint density at radius 3 is 2.93 bits per heavy atom. The molecule has 0 aliphatic carbocycles. The van der Waals surface area contributed by atoms with Gasteiger partial charge in [-0.25, -0.2) is 8.42 Å². The summed E-state index contributed by atoms with van der Waals surface area (Å²) in [5.74, 6) is 0.423. The average molecular weight is 221 g/mol. The van der Waals surface area contributed by atoms with E-state index in [1.54, 1.807) is 12.1 Å². The number of nitrogens with zero attached hydrogens (tertiary/aromatic N) is 1. The lowest BCUT2D eigenvalue weighted by Gasteiger charge is -2.05. The highest BCUT2D eigenvalue weighted by Crippen LogP contribution is 2.33. The van der Waals surface area contributed by atoms with Crippen LogP contribution in [0.4, 0.5) is 0 Å². The quantitative estimate of drug-likeness (QED) is 0.755. The van der Waals surface area contributed by atoms with E-state index in [0.717, 1.165) is 5.41 Å². The zero-order chi connectivity index (χ0) is 10.9. The molecule has 0 aromatic heterocycles. The molecule has 5 heteroatoms. The van der Waals surface area contributed by atoms with Gasteiger partial charge in [0, 0.05) is 11.0 Å². The average Bonchev–Trinajstić information content (AvgIpc) is 2.53. The maximum atomic E-state index is 11.5. The molecule has 0 spiro atoms. The fraction of sp³-hybridized carbons (Fsp3) is 0.100. The van der Waals surface area contributed by atoms with Gasteiger partial charge in [0.2, 0.25) is 9.84 Å². The molecule has 1 heterocycles. The van der Waals surface area contributed by atoms with Gasteiger partial charge in [-0.1, -0.05) is 6.07 Å². The van der Waals surface area contributed by atoms with Crippen LogP contribution in [-0.4, -0.2) is 15.0 Å². The van der Waals surface area contributed by atoms with Crippen LogP contribution in [-0.2, 0) is 9.84 Å². The van der Waals surface area contributed by atoms with Crippen molar-refractivity contribution in [3.63, 3.8) is 0 Å². The van der Waals surface area contributed by atoms with Crippen LogP contribution in [0.1, 0.15) is 5.56 Å². The van der Waals surface area contributed by atoms with Crippen LogP contribution in [0.15, 0.2) is 28.5 Å². The van der Waals surface area contributed by atoms with Crippen molar-refractivity contribution in [3.8, 4) is 11.8 Å². The standard InChI is InChI=1S/C10H7NO3S/c11-5-6-14-9-2-1-3-10-8(9)4-7-15(10,12)13/h1-4,7H,6H2. The molecule has 76 valence electrons. The third kappa shape index (κ3) is 1.60. The van der Waals surface area contributed by atoms with Gasteiger partial charge in [-0.15, -0.1) is 0 Å². The van der Waals surface area contributed by atoms with Gasteiger partial charge in [0.15, 0.2) is 6.61 Å². The number of hydrogen-bond donors (Lipinski definition) is 0. The maximum absolute atomic E-state index is 11.5. The van der Waals surface area contributed by atoms with Crippen molar-refractivity contribution < 1.29 is 13.2 Å². The lowest BCUT2D eigenvalue weighted by atomic mass is 10.2.